The van der Waals surface area contributed by atoms with Gasteiger partial charge in [-0.3, -0.25) is 4.79 Å². The molecule has 3 rings (SSSR count). The van der Waals surface area contributed by atoms with E-state index in [4.69, 9.17) is 11.6 Å². The van der Waals surface area contributed by atoms with Gasteiger partial charge in [0, 0.05) is 35.9 Å². The molecule has 22 heavy (non-hydrogen) atoms. The average Bonchev–Trinajstić information content (AvgIpc) is 2.91. The second-order valence-corrected chi connectivity index (χ2v) is 6.55. The number of anilines is 1. The molecule has 2 N–H and O–H groups in total. The molecule has 1 fully saturated rings. The van der Waals surface area contributed by atoms with E-state index < -0.39 is 6.10 Å². The fraction of sp³-hybridized carbons (Fsp3) is 0.588. The lowest BCUT2D eigenvalue weighted by atomic mass is 9.94. The van der Waals surface area contributed by atoms with Crippen molar-refractivity contribution >= 4 is 23.2 Å². The summed E-state index contributed by atoms with van der Waals surface area (Å²) in [5.74, 6) is 0.359. The Kier molecular flexibility index (Phi) is 4.89. The average molecular weight is 323 g/mol. The van der Waals surface area contributed by atoms with E-state index in [2.05, 4.69) is 5.32 Å². The van der Waals surface area contributed by atoms with Crippen LogP contribution in [0.2, 0.25) is 0 Å². The molecule has 1 aliphatic heterocycles. The Hall–Kier alpha value is -1.26. The van der Waals surface area contributed by atoms with Crippen LogP contribution in [-0.2, 0) is 6.54 Å². The molecule has 5 heteroatoms. The van der Waals surface area contributed by atoms with Crippen molar-refractivity contribution in [2.24, 2.45) is 0 Å². The number of aliphatic hydroxyl groups is 1. The number of halogens is 1. The van der Waals surface area contributed by atoms with Crippen LogP contribution in [0.3, 0.4) is 0 Å². The third-order valence-electron chi connectivity index (χ3n) is 4.72. The van der Waals surface area contributed by atoms with Crippen LogP contribution in [0.15, 0.2) is 18.2 Å². The van der Waals surface area contributed by atoms with Gasteiger partial charge < -0.3 is 15.3 Å². The number of fused-ring (bicyclic) bond motifs is 1. The number of nitrogens with one attached hydrogen (secondary N) is 1. The van der Waals surface area contributed by atoms with Gasteiger partial charge in [0.15, 0.2) is 0 Å². The fourth-order valence-corrected chi connectivity index (χ4v) is 3.60. The van der Waals surface area contributed by atoms with Crippen LogP contribution < -0.4 is 5.32 Å². The maximum Gasteiger partial charge on any atom is 0.254 e. The molecular weight excluding hydrogens is 300 g/mol. The van der Waals surface area contributed by atoms with E-state index in [0.29, 0.717) is 19.1 Å². The van der Waals surface area contributed by atoms with Gasteiger partial charge in [-0.2, -0.15) is 0 Å². The number of rotatable bonds is 5. The van der Waals surface area contributed by atoms with E-state index in [-0.39, 0.29) is 11.8 Å². The first-order chi connectivity index (χ1) is 10.7. The largest absolute Gasteiger partial charge is 0.390 e. The molecule has 1 aliphatic carbocycles. The lowest BCUT2D eigenvalue weighted by Crippen LogP contribution is -2.36. The zero-order chi connectivity index (χ0) is 15.5. The Morgan fingerprint density at radius 1 is 1.32 bits per heavy atom. The lowest BCUT2D eigenvalue weighted by Gasteiger charge is -2.31. The summed E-state index contributed by atoms with van der Waals surface area (Å²) in [5.41, 5.74) is 2.80. The molecule has 0 aromatic heterocycles. The second-order valence-electron chi connectivity index (χ2n) is 6.25. The maximum absolute atomic E-state index is 12.7. The molecule has 1 atom stereocenters. The molecule has 1 amide bonds. The van der Waals surface area contributed by atoms with Crippen LogP contribution in [0.4, 0.5) is 5.69 Å². The van der Waals surface area contributed by atoms with Crippen molar-refractivity contribution in [3.05, 3.63) is 29.3 Å². The van der Waals surface area contributed by atoms with Crippen LogP contribution in [0.25, 0.3) is 0 Å². The molecule has 0 radical (unpaired) electrons. The van der Waals surface area contributed by atoms with Crippen molar-refractivity contribution in [2.75, 3.05) is 17.7 Å². The topological polar surface area (TPSA) is 52.6 Å². The Morgan fingerprint density at radius 3 is 2.82 bits per heavy atom. The van der Waals surface area contributed by atoms with Crippen LogP contribution in [0.1, 0.15) is 48.0 Å². The predicted molar refractivity (Wildman–Crippen MR) is 88.4 cm³/mol. The number of carbonyl (C=O) groups is 1. The second kappa shape index (κ2) is 6.88. The molecular formula is C17H23ClN2O2. The van der Waals surface area contributed by atoms with Crippen molar-refractivity contribution in [1.29, 1.82) is 0 Å². The fourth-order valence-electron chi connectivity index (χ4n) is 3.49. The molecule has 1 saturated carbocycles. The number of amides is 1. The van der Waals surface area contributed by atoms with E-state index in [1.807, 2.05) is 23.1 Å². The highest BCUT2D eigenvalue weighted by molar-refractivity contribution is 6.18. The summed E-state index contributed by atoms with van der Waals surface area (Å²) in [6.07, 6.45) is 5.38. The zero-order valence-electron chi connectivity index (χ0n) is 12.7. The molecule has 4 nitrogen and oxygen atoms in total. The van der Waals surface area contributed by atoms with Gasteiger partial charge in [0.1, 0.15) is 0 Å². The normalized spacial score (nSPS) is 20.1. The molecule has 0 spiro atoms. The van der Waals surface area contributed by atoms with Gasteiger partial charge in [-0.15, -0.1) is 11.6 Å². The Labute approximate surface area is 136 Å². The van der Waals surface area contributed by atoms with Gasteiger partial charge in [0.05, 0.1) is 12.0 Å². The van der Waals surface area contributed by atoms with Crippen LogP contribution in [0.5, 0.6) is 0 Å². The predicted octanol–water partition coefficient (Wildman–Crippen LogP) is 2.99. The molecule has 1 aromatic rings. The highest BCUT2D eigenvalue weighted by Crippen LogP contribution is 2.34. The van der Waals surface area contributed by atoms with Crippen molar-refractivity contribution < 1.29 is 9.90 Å². The first-order valence-corrected chi connectivity index (χ1v) is 8.65. The van der Waals surface area contributed by atoms with Crippen molar-refractivity contribution in [1.82, 2.24) is 4.90 Å². The smallest absolute Gasteiger partial charge is 0.254 e. The minimum absolute atomic E-state index is 0.156. The summed E-state index contributed by atoms with van der Waals surface area (Å²) in [7, 11) is 0. The summed E-state index contributed by atoms with van der Waals surface area (Å²) in [6.45, 7) is 1.08. The first kappa shape index (κ1) is 15.6. The van der Waals surface area contributed by atoms with Crippen molar-refractivity contribution in [3.63, 3.8) is 0 Å². The SMILES string of the molecule is O=C1c2cccc(NCC(O)CCl)c2CN1C1CCCCC1. The van der Waals surface area contributed by atoms with Gasteiger partial charge >= 0.3 is 0 Å². The molecule has 0 bridgehead atoms. The number of benzene rings is 1. The summed E-state index contributed by atoms with van der Waals surface area (Å²) in [6, 6.07) is 6.16. The summed E-state index contributed by atoms with van der Waals surface area (Å²) in [5, 5.41) is 12.8. The van der Waals surface area contributed by atoms with Gasteiger partial charge in [-0.25, -0.2) is 0 Å². The minimum atomic E-state index is -0.580. The summed E-state index contributed by atoms with van der Waals surface area (Å²) < 4.78 is 0. The maximum atomic E-state index is 12.7. The molecule has 0 saturated heterocycles. The van der Waals surface area contributed by atoms with Crippen LogP contribution in [-0.4, -0.2) is 40.5 Å². The number of hydrogen-bond acceptors (Lipinski definition) is 3. The minimum Gasteiger partial charge on any atom is -0.390 e. The first-order valence-electron chi connectivity index (χ1n) is 8.11. The van der Waals surface area contributed by atoms with E-state index in [1.165, 1.54) is 19.3 Å². The van der Waals surface area contributed by atoms with E-state index >= 15 is 0 Å². The van der Waals surface area contributed by atoms with E-state index in [9.17, 15) is 9.90 Å². The van der Waals surface area contributed by atoms with Gasteiger partial charge in [0.2, 0.25) is 0 Å². The van der Waals surface area contributed by atoms with Crippen LogP contribution >= 0.6 is 11.6 Å². The van der Waals surface area contributed by atoms with Crippen LogP contribution in [0, 0.1) is 0 Å². The third-order valence-corrected chi connectivity index (χ3v) is 5.07. The number of aliphatic hydroxyl groups excluding tert-OH is 1. The quantitative estimate of drug-likeness (QED) is 0.819. The van der Waals surface area contributed by atoms with Gasteiger partial charge in [-0.05, 0) is 25.0 Å². The Bertz CT molecular complexity index is 543. The molecule has 2 aliphatic rings. The summed E-state index contributed by atoms with van der Waals surface area (Å²) >= 11 is 5.63. The molecule has 1 unspecified atom stereocenters. The Balaban J connectivity index is 1.76. The highest BCUT2D eigenvalue weighted by atomic mass is 35.5. The third kappa shape index (κ3) is 3.08. The van der Waals surface area contributed by atoms with Crippen molar-refractivity contribution in [3.8, 4) is 0 Å². The molecule has 1 aromatic carbocycles. The monoisotopic (exact) mass is 322 g/mol. The lowest BCUT2D eigenvalue weighted by molar-refractivity contribution is 0.0660. The van der Waals surface area contributed by atoms with Crippen molar-refractivity contribution in [2.45, 2.75) is 50.8 Å². The Morgan fingerprint density at radius 2 is 2.09 bits per heavy atom. The van der Waals surface area contributed by atoms with E-state index in [0.717, 1.165) is 29.7 Å². The summed E-state index contributed by atoms with van der Waals surface area (Å²) in [4.78, 5) is 14.7. The number of nitrogens with zero attached hydrogens (tertiary/aromatic N) is 1. The number of hydrogen-bond donors (Lipinski definition) is 2. The number of carbonyl (C=O) groups excluding carboxylic acids is 1. The zero-order valence-corrected chi connectivity index (χ0v) is 13.5. The van der Waals surface area contributed by atoms with Gasteiger partial charge in [0.25, 0.3) is 5.91 Å². The van der Waals surface area contributed by atoms with Gasteiger partial charge in [-0.1, -0.05) is 25.3 Å². The highest BCUT2D eigenvalue weighted by Gasteiger charge is 2.34. The van der Waals surface area contributed by atoms with E-state index in [1.54, 1.807) is 0 Å². The number of alkyl halides is 1. The molecule has 120 valence electrons. The molecule has 1 heterocycles. The standard InChI is InChI=1S/C17H23ClN2O2/c18-9-13(21)10-19-16-8-4-7-14-15(16)11-20(17(14)22)12-5-2-1-3-6-12/h4,7-8,12-13,19,21H,1-3,5-6,9-11H2.